The van der Waals surface area contributed by atoms with Crippen molar-refractivity contribution >= 4 is 5.78 Å². The molecular formula is C16H20N2O. The average molecular weight is 256 g/mol. The lowest BCUT2D eigenvalue weighted by Gasteiger charge is -2.09. The van der Waals surface area contributed by atoms with Crippen LogP contribution in [-0.4, -0.2) is 15.8 Å². The molecule has 0 unspecified atom stereocenters. The standard InChI is InChI=1S/C16H20N2O/c1-12-6-5-7-13(2)14(12)8-3-4-9-16(19)15-10-17-11-18-15/h5-7,10-11H,3-4,8-9H2,1-2H3,(H,17,18). The first-order valence-corrected chi connectivity index (χ1v) is 6.75. The van der Waals surface area contributed by atoms with Crippen LogP contribution >= 0.6 is 0 Å². The van der Waals surface area contributed by atoms with Crippen LogP contribution in [0, 0.1) is 13.8 Å². The highest BCUT2D eigenvalue weighted by atomic mass is 16.1. The summed E-state index contributed by atoms with van der Waals surface area (Å²) in [6, 6.07) is 6.39. The van der Waals surface area contributed by atoms with E-state index in [1.165, 1.54) is 16.7 Å². The van der Waals surface area contributed by atoms with Gasteiger partial charge < -0.3 is 4.98 Å². The Balaban J connectivity index is 1.80. The topological polar surface area (TPSA) is 45.8 Å². The van der Waals surface area contributed by atoms with Crippen molar-refractivity contribution < 1.29 is 4.79 Å². The van der Waals surface area contributed by atoms with Gasteiger partial charge in [0.1, 0.15) is 5.69 Å². The molecule has 100 valence electrons. The minimum Gasteiger partial charge on any atom is -0.350 e. The number of aromatic amines is 1. The van der Waals surface area contributed by atoms with E-state index in [0.717, 1.165) is 19.3 Å². The third-order valence-electron chi connectivity index (χ3n) is 3.51. The number of benzene rings is 1. The van der Waals surface area contributed by atoms with E-state index in [2.05, 4.69) is 42.0 Å². The number of unbranched alkanes of at least 4 members (excludes halogenated alkanes) is 1. The van der Waals surface area contributed by atoms with Crippen LogP contribution in [0.5, 0.6) is 0 Å². The van der Waals surface area contributed by atoms with Gasteiger partial charge in [0.25, 0.3) is 0 Å². The molecule has 0 saturated carbocycles. The Morgan fingerprint density at radius 1 is 1.21 bits per heavy atom. The number of carbonyl (C=O) groups is 1. The Morgan fingerprint density at radius 2 is 1.95 bits per heavy atom. The second-order valence-corrected chi connectivity index (χ2v) is 4.96. The molecule has 2 rings (SSSR count). The summed E-state index contributed by atoms with van der Waals surface area (Å²) < 4.78 is 0. The van der Waals surface area contributed by atoms with Crippen molar-refractivity contribution in [2.75, 3.05) is 0 Å². The molecule has 0 saturated heterocycles. The van der Waals surface area contributed by atoms with E-state index in [-0.39, 0.29) is 5.78 Å². The number of hydrogen-bond donors (Lipinski definition) is 1. The molecule has 3 nitrogen and oxygen atoms in total. The summed E-state index contributed by atoms with van der Waals surface area (Å²) in [5.74, 6) is 0.128. The number of aromatic nitrogens is 2. The Bertz CT molecular complexity index is 524. The van der Waals surface area contributed by atoms with Crippen molar-refractivity contribution in [2.45, 2.75) is 39.5 Å². The normalized spacial score (nSPS) is 10.6. The third-order valence-corrected chi connectivity index (χ3v) is 3.51. The van der Waals surface area contributed by atoms with E-state index in [1.54, 1.807) is 12.5 Å². The number of rotatable bonds is 6. The molecule has 0 aliphatic rings. The molecule has 0 bridgehead atoms. The quantitative estimate of drug-likeness (QED) is 0.633. The molecule has 0 atom stereocenters. The van der Waals surface area contributed by atoms with Crippen LogP contribution in [0.25, 0.3) is 0 Å². The minimum atomic E-state index is 0.128. The number of Topliss-reactive ketones (excluding diaryl/α,β-unsaturated/α-hetero) is 1. The first-order chi connectivity index (χ1) is 9.18. The molecule has 19 heavy (non-hydrogen) atoms. The predicted octanol–water partition coefficient (Wildman–Crippen LogP) is 3.62. The van der Waals surface area contributed by atoms with Crippen LogP contribution in [-0.2, 0) is 6.42 Å². The molecule has 2 aromatic rings. The van der Waals surface area contributed by atoms with Crippen molar-refractivity contribution in [3.8, 4) is 0 Å². The number of aryl methyl sites for hydroxylation is 2. The van der Waals surface area contributed by atoms with Gasteiger partial charge in [-0.2, -0.15) is 0 Å². The largest absolute Gasteiger partial charge is 0.350 e. The van der Waals surface area contributed by atoms with Gasteiger partial charge in [-0.05, 0) is 49.8 Å². The summed E-state index contributed by atoms with van der Waals surface area (Å²) in [7, 11) is 0. The molecule has 3 heteroatoms. The smallest absolute Gasteiger partial charge is 0.182 e. The van der Waals surface area contributed by atoms with Gasteiger partial charge in [-0.25, -0.2) is 4.98 Å². The second-order valence-electron chi connectivity index (χ2n) is 4.96. The fourth-order valence-corrected chi connectivity index (χ4v) is 2.37. The van der Waals surface area contributed by atoms with Gasteiger partial charge in [-0.15, -0.1) is 0 Å². The van der Waals surface area contributed by atoms with Crippen molar-refractivity contribution in [3.63, 3.8) is 0 Å². The summed E-state index contributed by atoms with van der Waals surface area (Å²) in [5.41, 5.74) is 4.67. The maximum absolute atomic E-state index is 11.8. The first kappa shape index (κ1) is 13.5. The minimum absolute atomic E-state index is 0.128. The van der Waals surface area contributed by atoms with Gasteiger partial charge in [0.15, 0.2) is 5.78 Å². The van der Waals surface area contributed by atoms with Gasteiger partial charge >= 0.3 is 0 Å². The van der Waals surface area contributed by atoms with Gasteiger partial charge in [0.05, 0.1) is 6.33 Å². The SMILES string of the molecule is Cc1cccc(C)c1CCCCC(=O)c1c[nH]cn1. The Kier molecular flexibility index (Phi) is 4.50. The van der Waals surface area contributed by atoms with Crippen LogP contribution in [0.3, 0.4) is 0 Å². The van der Waals surface area contributed by atoms with Crippen LogP contribution in [0.1, 0.15) is 46.4 Å². The molecule has 1 N–H and O–H groups in total. The van der Waals surface area contributed by atoms with Crippen molar-refractivity contribution in [1.29, 1.82) is 0 Å². The maximum atomic E-state index is 11.8. The van der Waals surface area contributed by atoms with Crippen LogP contribution in [0.4, 0.5) is 0 Å². The van der Waals surface area contributed by atoms with Gasteiger partial charge in [-0.3, -0.25) is 4.79 Å². The Labute approximate surface area is 114 Å². The molecule has 0 fully saturated rings. The molecule has 0 spiro atoms. The van der Waals surface area contributed by atoms with Gasteiger partial charge in [0.2, 0.25) is 0 Å². The zero-order chi connectivity index (χ0) is 13.7. The number of hydrogen-bond acceptors (Lipinski definition) is 2. The second kappa shape index (κ2) is 6.32. The van der Waals surface area contributed by atoms with Crippen molar-refractivity contribution in [1.82, 2.24) is 9.97 Å². The molecular weight excluding hydrogens is 236 g/mol. The third kappa shape index (κ3) is 3.53. The number of ketones is 1. The molecule has 0 amide bonds. The number of nitrogens with zero attached hydrogens (tertiary/aromatic N) is 1. The van der Waals surface area contributed by atoms with E-state index in [4.69, 9.17) is 0 Å². The highest BCUT2D eigenvalue weighted by Gasteiger charge is 2.07. The molecule has 1 aromatic carbocycles. The molecule has 0 aliphatic heterocycles. The summed E-state index contributed by atoms with van der Waals surface area (Å²) >= 11 is 0. The Morgan fingerprint density at radius 3 is 2.58 bits per heavy atom. The molecule has 0 radical (unpaired) electrons. The van der Waals surface area contributed by atoms with Crippen LogP contribution in [0.15, 0.2) is 30.7 Å². The maximum Gasteiger partial charge on any atom is 0.182 e. The number of nitrogens with one attached hydrogen (secondary N) is 1. The van der Waals surface area contributed by atoms with Crippen molar-refractivity contribution in [2.24, 2.45) is 0 Å². The van der Waals surface area contributed by atoms with E-state index >= 15 is 0 Å². The Hall–Kier alpha value is -1.90. The summed E-state index contributed by atoms with van der Waals surface area (Å²) in [6.45, 7) is 4.30. The lowest BCUT2D eigenvalue weighted by Crippen LogP contribution is -2.00. The van der Waals surface area contributed by atoms with Crippen LogP contribution in [0.2, 0.25) is 0 Å². The summed E-state index contributed by atoms with van der Waals surface area (Å²) in [6.07, 6.45) is 6.79. The van der Waals surface area contributed by atoms with Gasteiger partial charge in [0, 0.05) is 12.6 Å². The summed E-state index contributed by atoms with van der Waals surface area (Å²) in [4.78, 5) is 18.6. The lowest BCUT2D eigenvalue weighted by molar-refractivity contribution is 0.0975. The zero-order valence-electron chi connectivity index (χ0n) is 11.6. The number of carbonyl (C=O) groups excluding carboxylic acids is 1. The zero-order valence-corrected chi connectivity index (χ0v) is 11.6. The highest BCUT2D eigenvalue weighted by molar-refractivity contribution is 5.93. The highest BCUT2D eigenvalue weighted by Crippen LogP contribution is 2.16. The average Bonchev–Trinajstić information content (AvgIpc) is 2.91. The number of H-pyrrole nitrogens is 1. The van der Waals surface area contributed by atoms with Gasteiger partial charge in [-0.1, -0.05) is 18.2 Å². The van der Waals surface area contributed by atoms with E-state index in [0.29, 0.717) is 12.1 Å². The van der Waals surface area contributed by atoms with Crippen molar-refractivity contribution in [3.05, 3.63) is 53.1 Å². The summed E-state index contributed by atoms with van der Waals surface area (Å²) in [5, 5.41) is 0. The fraction of sp³-hybridized carbons (Fsp3) is 0.375. The molecule has 1 heterocycles. The predicted molar refractivity (Wildman–Crippen MR) is 76.4 cm³/mol. The van der Waals surface area contributed by atoms with E-state index < -0.39 is 0 Å². The fourth-order valence-electron chi connectivity index (χ4n) is 2.37. The lowest BCUT2D eigenvalue weighted by atomic mass is 9.97. The van der Waals surface area contributed by atoms with E-state index in [1.807, 2.05) is 0 Å². The molecule has 1 aromatic heterocycles. The first-order valence-electron chi connectivity index (χ1n) is 6.75. The number of imidazole rings is 1. The molecule has 0 aliphatic carbocycles. The van der Waals surface area contributed by atoms with E-state index in [9.17, 15) is 4.79 Å². The monoisotopic (exact) mass is 256 g/mol. The van der Waals surface area contributed by atoms with Crippen LogP contribution < -0.4 is 0 Å².